The second kappa shape index (κ2) is 8.06. The van der Waals surface area contributed by atoms with Crippen LogP contribution in [0.5, 0.6) is 0 Å². The Bertz CT molecular complexity index is 1410. The molecule has 0 saturated carbocycles. The number of anilines is 2. The minimum Gasteiger partial charge on any atom is -0.357 e. The van der Waals surface area contributed by atoms with E-state index in [1.807, 2.05) is 30.3 Å². The Morgan fingerprint density at radius 3 is 2.34 bits per heavy atom. The average molecular weight is 488 g/mol. The molecule has 3 aromatic carbocycles. The lowest BCUT2D eigenvalue weighted by Crippen LogP contribution is -2.46. The molecule has 6 rings (SSSR count). The van der Waals surface area contributed by atoms with Crippen molar-refractivity contribution in [2.75, 3.05) is 10.2 Å². The number of hydrogen-bond donors (Lipinski definition) is 1. The van der Waals surface area contributed by atoms with Crippen molar-refractivity contribution in [3.05, 3.63) is 101 Å². The number of para-hydroxylation sites is 1. The van der Waals surface area contributed by atoms with Gasteiger partial charge in [0.1, 0.15) is 11.9 Å². The second-order valence-corrected chi connectivity index (χ2v) is 9.23. The molecule has 0 aliphatic carbocycles. The van der Waals surface area contributed by atoms with E-state index >= 15 is 0 Å². The first-order valence-corrected chi connectivity index (χ1v) is 11.6. The molecule has 1 unspecified atom stereocenters. The summed E-state index contributed by atoms with van der Waals surface area (Å²) in [6.07, 6.45) is 3.64. The SMILES string of the molecule is O=C(Nc1ccc(Cl)cc1)[C@@H]1[C@@H]2C(=O)N(c3ccccc3F)C(=O)[C@@H]2C2c3ccccc3C=CN21. The molecule has 0 spiro atoms. The fourth-order valence-corrected chi connectivity index (χ4v) is 5.60. The number of carbonyl (C=O) groups is 3. The van der Waals surface area contributed by atoms with E-state index in [4.69, 9.17) is 11.6 Å². The van der Waals surface area contributed by atoms with E-state index in [0.29, 0.717) is 10.7 Å². The molecule has 3 aliphatic rings. The molecular formula is C27H19ClFN3O3. The Kier molecular flexibility index (Phi) is 4.96. The highest BCUT2D eigenvalue weighted by molar-refractivity contribution is 6.30. The molecule has 6 nitrogen and oxygen atoms in total. The molecule has 1 N–H and O–H groups in total. The van der Waals surface area contributed by atoms with E-state index in [1.54, 1.807) is 41.4 Å². The third-order valence-electron chi connectivity index (χ3n) is 6.94. The number of hydrogen-bond acceptors (Lipinski definition) is 4. The number of fused-ring (bicyclic) bond motifs is 5. The van der Waals surface area contributed by atoms with Crippen molar-refractivity contribution < 1.29 is 18.8 Å². The van der Waals surface area contributed by atoms with Gasteiger partial charge in [0.2, 0.25) is 17.7 Å². The molecule has 2 fully saturated rings. The van der Waals surface area contributed by atoms with E-state index in [9.17, 15) is 18.8 Å². The number of imide groups is 1. The molecule has 3 amide bonds. The summed E-state index contributed by atoms with van der Waals surface area (Å²) in [5.74, 6) is -4.00. The van der Waals surface area contributed by atoms with Gasteiger partial charge in [-0.2, -0.15) is 0 Å². The largest absolute Gasteiger partial charge is 0.357 e. The number of halogens is 2. The lowest BCUT2D eigenvalue weighted by Gasteiger charge is -2.35. The van der Waals surface area contributed by atoms with Crippen molar-refractivity contribution in [3.63, 3.8) is 0 Å². The molecule has 3 heterocycles. The average Bonchev–Trinajstić information content (AvgIpc) is 3.34. The first-order valence-electron chi connectivity index (χ1n) is 11.2. The monoisotopic (exact) mass is 487 g/mol. The molecule has 2 saturated heterocycles. The quantitative estimate of drug-likeness (QED) is 0.547. The van der Waals surface area contributed by atoms with Gasteiger partial charge in [0.25, 0.3) is 0 Å². The third kappa shape index (κ3) is 3.26. The van der Waals surface area contributed by atoms with Gasteiger partial charge in [-0.15, -0.1) is 0 Å². The Morgan fingerprint density at radius 1 is 0.886 bits per heavy atom. The first kappa shape index (κ1) is 21.6. The number of benzene rings is 3. The van der Waals surface area contributed by atoms with Crippen LogP contribution in [0.15, 0.2) is 79.0 Å². The zero-order valence-electron chi connectivity index (χ0n) is 18.3. The predicted octanol–water partition coefficient (Wildman–Crippen LogP) is 4.63. The van der Waals surface area contributed by atoms with Crippen LogP contribution in [0.3, 0.4) is 0 Å². The van der Waals surface area contributed by atoms with Gasteiger partial charge in [-0.1, -0.05) is 48.0 Å². The smallest absolute Gasteiger partial charge is 0.247 e. The molecule has 174 valence electrons. The van der Waals surface area contributed by atoms with Crippen LogP contribution >= 0.6 is 11.6 Å². The standard InChI is InChI=1S/C27H19ClFN3O3/c28-16-9-11-17(12-10-16)30-25(33)24-22-21(23-18-6-2-1-5-15(18)13-14-31(23)24)26(34)32(27(22)35)20-8-4-3-7-19(20)29/h1-14,21-24H,(H,30,33)/t21-,22+,23?,24-/m0/s1. The zero-order valence-corrected chi connectivity index (χ0v) is 19.0. The highest BCUT2D eigenvalue weighted by atomic mass is 35.5. The highest BCUT2D eigenvalue weighted by Gasteiger charge is 2.64. The summed E-state index contributed by atoms with van der Waals surface area (Å²) in [5.41, 5.74) is 2.18. The lowest BCUT2D eigenvalue weighted by atomic mass is 9.84. The van der Waals surface area contributed by atoms with Gasteiger partial charge >= 0.3 is 0 Å². The van der Waals surface area contributed by atoms with Crippen molar-refractivity contribution in [2.45, 2.75) is 12.1 Å². The van der Waals surface area contributed by atoms with Gasteiger partial charge in [-0.05, 0) is 53.6 Å². The fraction of sp³-hybridized carbons (Fsp3) is 0.148. The molecule has 0 aromatic heterocycles. The molecule has 3 aromatic rings. The van der Waals surface area contributed by atoms with E-state index in [0.717, 1.165) is 16.0 Å². The van der Waals surface area contributed by atoms with Crippen molar-refractivity contribution >= 4 is 46.8 Å². The summed E-state index contributed by atoms with van der Waals surface area (Å²) in [6, 6.07) is 18.4. The topological polar surface area (TPSA) is 69.7 Å². The summed E-state index contributed by atoms with van der Waals surface area (Å²) in [7, 11) is 0. The van der Waals surface area contributed by atoms with Crippen LogP contribution in [0.25, 0.3) is 6.08 Å². The minimum absolute atomic E-state index is 0.0973. The van der Waals surface area contributed by atoms with Crippen molar-refractivity contribution in [3.8, 4) is 0 Å². The van der Waals surface area contributed by atoms with E-state index in [1.165, 1.54) is 18.2 Å². The Balaban J connectivity index is 1.45. The van der Waals surface area contributed by atoms with E-state index in [2.05, 4.69) is 5.32 Å². The van der Waals surface area contributed by atoms with Crippen molar-refractivity contribution in [1.82, 2.24) is 4.90 Å². The summed E-state index contributed by atoms with van der Waals surface area (Å²) in [5, 5.41) is 3.38. The van der Waals surface area contributed by atoms with Crippen LogP contribution in [-0.2, 0) is 14.4 Å². The maximum Gasteiger partial charge on any atom is 0.247 e. The van der Waals surface area contributed by atoms with Gasteiger partial charge < -0.3 is 10.2 Å². The first-order chi connectivity index (χ1) is 17.0. The number of nitrogens with zero attached hydrogens (tertiary/aromatic N) is 2. The molecule has 0 radical (unpaired) electrons. The number of rotatable bonds is 3. The van der Waals surface area contributed by atoms with Crippen molar-refractivity contribution in [1.29, 1.82) is 0 Å². The zero-order chi connectivity index (χ0) is 24.3. The Morgan fingerprint density at radius 2 is 1.57 bits per heavy atom. The van der Waals surface area contributed by atoms with Crippen LogP contribution < -0.4 is 10.2 Å². The normalized spacial score (nSPS) is 24.3. The van der Waals surface area contributed by atoms with Crippen LogP contribution in [0.2, 0.25) is 5.02 Å². The Hall–Kier alpha value is -3.97. The molecular weight excluding hydrogens is 469 g/mol. The van der Waals surface area contributed by atoms with Gasteiger partial charge in [0.15, 0.2) is 0 Å². The Labute approximate surface area is 205 Å². The molecule has 4 atom stereocenters. The van der Waals surface area contributed by atoms with Crippen LogP contribution in [0.1, 0.15) is 17.2 Å². The number of amides is 3. The molecule has 3 aliphatic heterocycles. The summed E-state index contributed by atoms with van der Waals surface area (Å²) >= 11 is 5.96. The van der Waals surface area contributed by atoms with Crippen LogP contribution in [0.4, 0.5) is 15.8 Å². The molecule has 35 heavy (non-hydrogen) atoms. The lowest BCUT2D eigenvalue weighted by molar-refractivity contribution is -0.128. The maximum atomic E-state index is 14.7. The molecule has 8 heteroatoms. The van der Waals surface area contributed by atoms with Gasteiger partial charge in [0.05, 0.1) is 23.6 Å². The fourth-order valence-electron chi connectivity index (χ4n) is 5.48. The summed E-state index contributed by atoms with van der Waals surface area (Å²) < 4.78 is 14.7. The highest BCUT2D eigenvalue weighted by Crippen LogP contribution is 2.53. The van der Waals surface area contributed by atoms with Crippen LogP contribution in [0, 0.1) is 17.7 Å². The maximum absolute atomic E-state index is 14.7. The summed E-state index contributed by atoms with van der Waals surface area (Å²) in [4.78, 5) is 43.7. The van der Waals surface area contributed by atoms with Crippen molar-refractivity contribution in [2.24, 2.45) is 11.8 Å². The van der Waals surface area contributed by atoms with E-state index in [-0.39, 0.29) is 5.69 Å². The second-order valence-electron chi connectivity index (χ2n) is 8.79. The van der Waals surface area contributed by atoms with Gasteiger partial charge in [-0.25, -0.2) is 9.29 Å². The van der Waals surface area contributed by atoms with Gasteiger partial charge in [0, 0.05) is 16.9 Å². The number of carbonyl (C=O) groups excluding carboxylic acids is 3. The predicted molar refractivity (Wildman–Crippen MR) is 130 cm³/mol. The van der Waals surface area contributed by atoms with Gasteiger partial charge in [-0.3, -0.25) is 14.4 Å². The van der Waals surface area contributed by atoms with Crippen LogP contribution in [-0.4, -0.2) is 28.7 Å². The minimum atomic E-state index is -0.977. The summed E-state index contributed by atoms with van der Waals surface area (Å²) in [6.45, 7) is 0. The third-order valence-corrected chi connectivity index (χ3v) is 7.19. The number of nitrogens with one attached hydrogen (secondary N) is 1. The molecule has 0 bridgehead atoms. The van der Waals surface area contributed by atoms with E-state index < -0.39 is 47.5 Å².